The zero-order valence-electron chi connectivity index (χ0n) is 10.7. The second-order valence-electron chi connectivity index (χ2n) is 5.47. The quantitative estimate of drug-likeness (QED) is 0.536. The molecule has 2 aliphatic rings. The third-order valence-electron chi connectivity index (χ3n) is 4.70. The van der Waals surface area contributed by atoms with Crippen LogP contribution in [-0.2, 0) is 14.3 Å². The summed E-state index contributed by atoms with van der Waals surface area (Å²) in [6.07, 6.45) is 3.87. The number of rotatable bonds is 2. The zero-order valence-corrected chi connectivity index (χ0v) is 10.7. The smallest absolute Gasteiger partial charge is 0.341 e. The highest BCUT2D eigenvalue weighted by atomic mass is 16.7. The van der Waals surface area contributed by atoms with Gasteiger partial charge in [-0.1, -0.05) is 20.8 Å². The molecule has 1 heterocycles. The molecule has 4 atom stereocenters. The second kappa shape index (κ2) is 3.73. The summed E-state index contributed by atoms with van der Waals surface area (Å²) in [7, 11) is 1.45. The molecule has 0 aromatic rings. The largest absolute Gasteiger partial charge is 0.467 e. The van der Waals surface area contributed by atoms with Crippen LogP contribution in [0.3, 0.4) is 0 Å². The van der Waals surface area contributed by atoms with E-state index in [1.165, 1.54) is 7.11 Å². The number of epoxide rings is 1. The van der Waals surface area contributed by atoms with Gasteiger partial charge in [-0.3, -0.25) is 0 Å². The molecular weight excluding hydrogens is 204 g/mol. The third kappa shape index (κ3) is 1.41. The molecule has 1 saturated heterocycles. The number of hydrogen-bond acceptors (Lipinski definition) is 3. The predicted molar refractivity (Wildman–Crippen MR) is 61.0 cm³/mol. The van der Waals surface area contributed by atoms with Gasteiger partial charge in [0, 0.05) is 0 Å². The van der Waals surface area contributed by atoms with E-state index in [1.807, 2.05) is 6.92 Å². The normalized spacial score (nSPS) is 46.8. The van der Waals surface area contributed by atoms with Crippen LogP contribution in [0.4, 0.5) is 0 Å². The van der Waals surface area contributed by atoms with Crippen LogP contribution in [0.15, 0.2) is 0 Å². The Bertz CT molecular complexity index is 302. The van der Waals surface area contributed by atoms with E-state index in [4.69, 9.17) is 9.47 Å². The first kappa shape index (κ1) is 11.9. The Morgan fingerprint density at radius 1 is 1.44 bits per heavy atom. The van der Waals surface area contributed by atoms with E-state index in [0.717, 1.165) is 31.6 Å². The van der Waals surface area contributed by atoms with Crippen LogP contribution in [0.25, 0.3) is 0 Å². The van der Waals surface area contributed by atoms with Crippen molar-refractivity contribution in [3.8, 4) is 0 Å². The predicted octanol–water partition coefficient (Wildman–Crippen LogP) is 2.53. The van der Waals surface area contributed by atoms with Gasteiger partial charge >= 0.3 is 5.97 Å². The summed E-state index contributed by atoms with van der Waals surface area (Å²) >= 11 is 0. The van der Waals surface area contributed by atoms with Gasteiger partial charge in [0.05, 0.1) is 7.11 Å². The first-order valence-corrected chi connectivity index (χ1v) is 6.30. The molecule has 0 N–H and O–H groups in total. The highest BCUT2D eigenvalue weighted by molar-refractivity contribution is 5.84. The fourth-order valence-electron chi connectivity index (χ4n) is 3.27. The number of carbonyl (C=O) groups is 1. The van der Waals surface area contributed by atoms with Gasteiger partial charge in [-0.15, -0.1) is 0 Å². The Balaban J connectivity index is 2.15. The number of ether oxygens (including phenoxy) is 2. The molecule has 0 radical (unpaired) electrons. The molecular formula is C13H22O3. The van der Waals surface area contributed by atoms with Crippen molar-refractivity contribution in [1.29, 1.82) is 0 Å². The molecule has 3 nitrogen and oxygen atoms in total. The van der Waals surface area contributed by atoms with E-state index >= 15 is 0 Å². The van der Waals surface area contributed by atoms with E-state index in [2.05, 4.69) is 13.8 Å². The zero-order chi connectivity index (χ0) is 12.0. The minimum absolute atomic E-state index is 0.184. The average Bonchev–Trinajstić information content (AvgIpc) is 2.92. The molecule has 0 aromatic carbocycles. The lowest BCUT2D eigenvalue weighted by Gasteiger charge is -2.31. The van der Waals surface area contributed by atoms with Crippen molar-refractivity contribution >= 4 is 5.97 Å². The van der Waals surface area contributed by atoms with Crippen LogP contribution in [0.2, 0.25) is 0 Å². The second-order valence-corrected chi connectivity index (χ2v) is 5.47. The molecule has 0 aromatic heterocycles. The fourth-order valence-corrected chi connectivity index (χ4v) is 3.27. The van der Waals surface area contributed by atoms with E-state index in [1.54, 1.807) is 0 Å². The number of methoxy groups -OCH3 is 1. The summed E-state index contributed by atoms with van der Waals surface area (Å²) in [5.41, 5.74) is -0.836. The topological polar surface area (TPSA) is 38.8 Å². The maximum atomic E-state index is 11.8. The highest BCUT2D eigenvalue weighted by Crippen LogP contribution is 2.60. The molecule has 3 heteroatoms. The molecule has 2 rings (SSSR count). The average molecular weight is 226 g/mol. The van der Waals surface area contributed by atoms with Crippen LogP contribution in [0.1, 0.15) is 46.5 Å². The summed E-state index contributed by atoms with van der Waals surface area (Å²) in [6.45, 7) is 6.55. The van der Waals surface area contributed by atoms with Crippen LogP contribution < -0.4 is 0 Å². The maximum Gasteiger partial charge on any atom is 0.341 e. The van der Waals surface area contributed by atoms with Gasteiger partial charge in [0.2, 0.25) is 0 Å². The maximum absolute atomic E-state index is 11.8. The SMILES string of the molecule is CCC1(C(=O)OC)OC12CCC(C)C(C)C2. The molecule has 2 fully saturated rings. The van der Waals surface area contributed by atoms with Gasteiger partial charge < -0.3 is 9.47 Å². The van der Waals surface area contributed by atoms with E-state index in [9.17, 15) is 4.79 Å². The van der Waals surface area contributed by atoms with Gasteiger partial charge in [0.25, 0.3) is 0 Å². The molecule has 4 unspecified atom stereocenters. The Morgan fingerprint density at radius 3 is 2.62 bits per heavy atom. The summed E-state index contributed by atoms with van der Waals surface area (Å²) in [6, 6.07) is 0. The van der Waals surface area contributed by atoms with Crippen LogP contribution in [-0.4, -0.2) is 24.3 Å². The Labute approximate surface area is 97.5 Å². The summed E-state index contributed by atoms with van der Waals surface area (Å²) in [4.78, 5) is 11.8. The van der Waals surface area contributed by atoms with Crippen molar-refractivity contribution in [3.05, 3.63) is 0 Å². The fraction of sp³-hybridized carbons (Fsp3) is 0.923. The van der Waals surface area contributed by atoms with Crippen molar-refractivity contribution in [2.45, 2.75) is 57.7 Å². The lowest BCUT2D eigenvalue weighted by atomic mass is 9.70. The highest BCUT2D eigenvalue weighted by Gasteiger charge is 2.74. The van der Waals surface area contributed by atoms with Gasteiger partial charge in [0.15, 0.2) is 5.60 Å². The van der Waals surface area contributed by atoms with Gasteiger partial charge in [-0.25, -0.2) is 4.79 Å². The van der Waals surface area contributed by atoms with Crippen LogP contribution in [0, 0.1) is 11.8 Å². The van der Waals surface area contributed by atoms with E-state index in [0.29, 0.717) is 5.92 Å². The van der Waals surface area contributed by atoms with Crippen LogP contribution in [0.5, 0.6) is 0 Å². The minimum atomic E-state index is -0.629. The van der Waals surface area contributed by atoms with Gasteiger partial charge in [0.1, 0.15) is 5.60 Å². The molecule has 1 aliphatic carbocycles. The van der Waals surface area contributed by atoms with Crippen molar-refractivity contribution in [2.24, 2.45) is 11.8 Å². The lowest BCUT2D eigenvalue weighted by molar-refractivity contribution is -0.147. The monoisotopic (exact) mass is 226 g/mol. The van der Waals surface area contributed by atoms with Gasteiger partial charge in [-0.05, 0) is 37.5 Å². The first-order valence-electron chi connectivity index (χ1n) is 6.30. The Morgan fingerprint density at radius 2 is 2.12 bits per heavy atom. The Hall–Kier alpha value is -0.570. The number of esters is 1. The summed E-state index contributed by atoms with van der Waals surface area (Å²) in [5.74, 6) is 1.19. The van der Waals surface area contributed by atoms with E-state index < -0.39 is 5.60 Å². The molecule has 1 spiro atoms. The van der Waals surface area contributed by atoms with Crippen molar-refractivity contribution in [3.63, 3.8) is 0 Å². The summed E-state index contributed by atoms with van der Waals surface area (Å²) in [5, 5.41) is 0. The van der Waals surface area contributed by atoms with Gasteiger partial charge in [-0.2, -0.15) is 0 Å². The molecule has 1 saturated carbocycles. The van der Waals surface area contributed by atoms with E-state index in [-0.39, 0.29) is 11.6 Å². The molecule has 16 heavy (non-hydrogen) atoms. The molecule has 0 bridgehead atoms. The summed E-state index contributed by atoms with van der Waals surface area (Å²) < 4.78 is 10.8. The number of carbonyl (C=O) groups excluding carboxylic acids is 1. The molecule has 0 amide bonds. The first-order chi connectivity index (χ1) is 7.51. The van der Waals surface area contributed by atoms with Crippen LogP contribution >= 0.6 is 0 Å². The number of hydrogen-bond donors (Lipinski definition) is 0. The van der Waals surface area contributed by atoms with Crippen molar-refractivity contribution in [2.75, 3.05) is 7.11 Å². The molecule has 92 valence electrons. The third-order valence-corrected chi connectivity index (χ3v) is 4.70. The van der Waals surface area contributed by atoms with Crippen molar-refractivity contribution in [1.82, 2.24) is 0 Å². The van der Waals surface area contributed by atoms with Crippen molar-refractivity contribution < 1.29 is 14.3 Å². The Kier molecular flexibility index (Phi) is 2.77. The minimum Gasteiger partial charge on any atom is -0.467 e. The molecule has 1 aliphatic heterocycles. The lowest BCUT2D eigenvalue weighted by Crippen LogP contribution is -2.39. The standard InChI is InChI=1S/C13H22O3/c1-5-13(11(14)15-4)12(16-13)7-6-9(2)10(3)8-12/h9-10H,5-8H2,1-4H3.